The van der Waals surface area contributed by atoms with Gasteiger partial charge in [0.05, 0.1) is 0 Å². The second-order valence-corrected chi connectivity index (χ2v) is 8.30. The van der Waals surface area contributed by atoms with Crippen molar-refractivity contribution in [2.45, 2.75) is 46.1 Å². The Morgan fingerprint density at radius 3 is 2.38 bits per heavy atom. The molecule has 2 aromatic rings. The minimum absolute atomic E-state index is 0.0344. The number of aromatic nitrogens is 3. The zero-order valence-electron chi connectivity index (χ0n) is 15.1. The van der Waals surface area contributed by atoms with E-state index in [0.717, 1.165) is 12.8 Å². The molecule has 1 aliphatic carbocycles. The highest BCUT2D eigenvalue weighted by Crippen LogP contribution is 2.35. The zero-order valence-corrected chi connectivity index (χ0v) is 16.6. The fourth-order valence-corrected chi connectivity index (χ4v) is 4.47. The van der Waals surface area contributed by atoms with Crippen LogP contribution in [0, 0.1) is 17.8 Å². The maximum Gasteiger partial charge on any atom is 0.313 e. The van der Waals surface area contributed by atoms with Crippen molar-refractivity contribution in [1.29, 1.82) is 0 Å². The SMILES string of the molecule is CC1CC(C)C(OC(=O)Cc2nc(-c3cc(Cl)cc(Cl)c3)n[nH]2)C(C)C1. The first kappa shape index (κ1) is 19.2. The van der Waals surface area contributed by atoms with Gasteiger partial charge in [-0.25, -0.2) is 4.98 Å². The lowest BCUT2D eigenvalue weighted by molar-refractivity contribution is -0.157. The maximum atomic E-state index is 12.4. The highest BCUT2D eigenvalue weighted by atomic mass is 35.5. The van der Waals surface area contributed by atoms with E-state index in [2.05, 4.69) is 36.0 Å². The summed E-state index contributed by atoms with van der Waals surface area (Å²) in [6, 6.07) is 5.10. The number of ether oxygens (including phenoxy) is 1. The predicted molar refractivity (Wildman–Crippen MR) is 102 cm³/mol. The molecule has 1 heterocycles. The third-order valence-corrected chi connectivity index (χ3v) is 5.34. The second-order valence-electron chi connectivity index (χ2n) is 7.43. The fourth-order valence-electron chi connectivity index (χ4n) is 3.94. The molecule has 1 aliphatic rings. The number of hydrogen-bond donors (Lipinski definition) is 1. The summed E-state index contributed by atoms with van der Waals surface area (Å²) in [6.45, 7) is 6.56. The zero-order chi connectivity index (χ0) is 18.8. The van der Waals surface area contributed by atoms with Crippen LogP contribution in [0.1, 0.15) is 39.4 Å². The molecule has 1 fully saturated rings. The van der Waals surface area contributed by atoms with Crippen molar-refractivity contribution in [3.63, 3.8) is 0 Å². The number of aromatic amines is 1. The molecule has 0 spiro atoms. The minimum atomic E-state index is -0.282. The van der Waals surface area contributed by atoms with Crippen LogP contribution < -0.4 is 0 Å². The van der Waals surface area contributed by atoms with Crippen LogP contribution in [0.3, 0.4) is 0 Å². The highest BCUT2D eigenvalue weighted by Gasteiger charge is 2.34. The van der Waals surface area contributed by atoms with Crippen molar-refractivity contribution in [1.82, 2.24) is 15.2 Å². The van der Waals surface area contributed by atoms with E-state index in [9.17, 15) is 4.79 Å². The van der Waals surface area contributed by atoms with Crippen molar-refractivity contribution in [2.24, 2.45) is 17.8 Å². The summed E-state index contributed by atoms with van der Waals surface area (Å²) in [4.78, 5) is 16.7. The summed E-state index contributed by atoms with van der Waals surface area (Å²) in [5.41, 5.74) is 0.696. The van der Waals surface area contributed by atoms with E-state index in [0.29, 0.717) is 45.0 Å². The van der Waals surface area contributed by atoms with Crippen LogP contribution >= 0.6 is 23.2 Å². The molecule has 0 amide bonds. The standard InChI is InChI=1S/C19H23Cl2N3O2/c1-10-4-11(2)18(12(3)5-10)26-17(25)9-16-22-19(24-23-16)13-6-14(20)8-15(21)7-13/h6-8,10-12,18H,4-5,9H2,1-3H3,(H,22,23,24). The molecule has 2 unspecified atom stereocenters. The van der Waals surface area contributed by atoms with Crippen LogP contribution in [0.25, 0.3) is 11.4 Å². The first-order valence-electron chi connectivity index (χ1n) is 8.89. The third-order valence-electron chi connectivity index (χ3n) is 4.90. The number of carbonyl (C=O) groups excluding carboxylic acids is 1. The molecule has 140 valence electrons. The van der Waals surface area contributed by atoms with Gasteiger partial charge in [0, 0.05) is 15.6 Å². The first-order chi connectivity index (χ1) is 12.3. The molecule has 3 rings (SSSR count). The number of H-pyrrole nitrogens is 1. The molecule has 5 nitrogen and oxygen atoms in total. The molecule has 26 heavy (non-hydrogen) atoms. The van der Waals surface area contributed by atoms with Crippen molar-refractivity contribution in [3.05, 3.63) is 34.1 Å². The van der Waals surface area contributed by atoms with E-state index < -0.39 is 0 Å². The fraction of sp³-hybridized carbons (Fsp3) is 0.526. The molecule has 1 aromatic heterocycles. The second kappa shape index (κ2) is 7.97. The van der Waals surface area contributed by atoms with E-state index in [1.807, 2.05) is 0 Å². The number of nitrogens with one attached hydrogen (secondary N) is 1. The van der Waals surface area contributed by atoms with E-state index in [-0.39, 0.29) is 18.5 Å². The van der Waals surface area contributed by atoms with Crippen LogP contribution in [0.15, 0.2) is 18.2 Å². The molecule has 2 atom stereocenters. The van der Waals surface area contributed by atoms with Gasteiger partial charge in [-0.05, 0) is 48.8 Å². The number of esters is 1. The predicted octanol–water partition coefficient (Wildman–Crippen LogP) is 4.93. The van der Waals surface area contributed by atoms with Gasteiger partial charge in [-0.1, -0.05) is 44.0 Å². The monoisotopic (exact) mass is 395 g/mol. The number of carbonyl (C=O) groups is 1. The lowest BCUT2D eigenvalue weighted by atomic mass is 9.75. The Hall–Kier alpha value is -1.59. The van der Waals surface area contributed by atoms with E-state index in [1.165, 1.54) is 0 Å². The Kier molecular flexibility index (Phi) is 5.88. The summed E-state index contributed by atoms with van der Waals surface area (Å²) in [5, 5.41) is 7.95. The number of benzene rings is 1. The van der Waals surface area contributed by atoms with Crippen LogP contribution in [-0.4, -0.2) is 27.3 Å². The Morgan fingerprint density at radius 2 is 1.77 bits per heavy atom. The third kappa shape index (κ3) is 4.57. The number of nitrogens with zero attached hydrogens (tertiary/aromatic N) is 2. The lowest BCUT2D eigenvalue weighted by Crippen LogP contribution is -2.37. The van der Waals surface area contributed by atoms with E-state index in [1.54, 1.807) is 18.2 Å². The molecular weight excluding hydrogens is 373 g/mol. The minimum Gasteiger partial charge on any atom is -0.461 e. The summed E-state index contributed by atoms with van der Waals surface area (Å²) in [7, 11) is 0. The van der Waals surface area contributed by atoms with Gasteiger partial charge in [0.15, 0.2) is 5.82 Å². The number of halogens is 2. The van der Waals surface area contributed by atoms with Gasteiger partial charge < -0.3 is 4.74 Å². The Labute approximate surface area is 163 Å². The van der Waals surface area contributed by atoms with Crippen LogP contribution in [0.4, 0.5) is 0 Å². The van der Waals surface area contributed by atoms with E-state index in [4.69, 9.17) is 27.9 Å². The molecule has 0 saturated heterocycles. The molecule has 0 bridgehead atoms. The molecular formula is C19H23Cl2N3O2. The summed E-state index contributed by atoms with van der Waals surface area (Å²) in [5.74, 6) is 2.05. The Morgan fingerprint density at radius 1 is 1.15 bits per heavy atom. The van der Waals surface area contributed by atoms with Gasteiger partial charge >= 0.3 is 5.97 Å². The Bertz CT molecular complexity index is 761. The molecule has 0 radical (unpaired) electrons. The van der Waals surface area contributed by atoms with Gasteiger partial charge in [-0.2, -0.15) is 5.10 Å². The van der Waals surface area contributed by atoms with Crippen LogP contribution in [0.2, 0.25) is 10.0 Å². The van der Waals surface area contributed by atoms with Crippen LogP contribution in [-0.2, 0) is 16.0 Å². The van der Waals surface area contributed by atoms with Crippen molar-refractivity contribution in [2.75, 3.05) is 0 Å². The highest BCUT2D eigenvalue weighted by molar-refractivity contribution is 6.35. The average Bonchev–Trinajstić information content (AvgIpc) is 2.98. The van der Waals surface area contributed by atoms with Gasteiger partial charge in [0.25, 0.3) is 0 Å². The first-order valence-corrected chi connectivity index (χ1v) is 9.64. The summed E-state index contributed by atoms with van der Waals surface area (Å²) >= 11 is 12.0. The van der Waals surface area contributed by atoms with Crippen LogP contribution in [0.5, 0.6) is 0 Å². The quantitative estimate of drug-likeness (QED) is 0.744. The molecule has 1 N–H and O–H groups in total. The number of rotatable bonds is 4. The average molecular weight is 396 g/mol. The summed E-state index contributed by atoms with van der Waals surface area (Å²) in [6.07, 6.45) is 2.20. The maximum absolute atomic E-state index is 12.4. The van der Waals surface area contributed by atoms with Crippen molar-refractivity contribution in [3.8, 4) is 11.4 Å². The molecule has 1 saturated carbocycles. The molecule has 7 heteroatoms. The van der Waals surface area contributed by atoms with Gasteiger partial charge in [-0.15, -0.1) is 0 Å². The topological polar surface area (TPSA) is 67.9 Å². The Balaban J connectivity index is 1.64. The smallest absolute Gasteiger partial charge is 0.313 e. The number of hydrogen-bond acceptors (Lipinski definition) is 4. The molecule has 0 aliphatic heterocycles. The van der Waals surface area contributed by atoms with Crippen molar-refractivity contribution >= 4 is 29.2 Å². The van der Waals surface area contributed by atoms with Gasteiger partial charge in [0.2, 0.25) is 0 Å². The van der Waals surface area contributed by atoms with E-state index >= 15 is 0 Å². The normalized spacial score (nSPS) is 25.9. The van der Waals surface area contributed by atoms with Crippen molar-refractivity contribution < 1.29 is 9.53 Å². The molecule has 1 aromatic carbocycles. The van der Waals surface area contributed by atoms with Gasteiger partial charge in [-0.3, -0.25) is 9.89 Å². The lowest BCUT2D eigenvalue weighted by Gasteiger charge is -2.37. The largest absolute Gasteiger partial charge is 0.461 e. The van der Waals surface area contributed by atoms with Gasteiger partial charge in [0.1, 0.15) is 18.3 Å². The summed E-state index contributed by atoms with van der Waals surface area (Å²) < 4.78 is 5.75.